The second kappa shape index (κ2) is 14.6. The van der Waals surface area contributed by atoms with E-state index >= 15 is 0 Å². The van der Waals surface area contributed by atoms with Crippen LogP contribution in [0.5, 0.6) is 0 Å². The molecule has 1 heteroatoms. The number of fused-ring (bicyclic) bond motifs is 4. The van der Waals surface area contributed by atoms with Crippen molar-refractivity contribution in [2.24, 2.45) is 0 Å². The van der Waals surface area contributed by atoms with Gasteiger partial charge in [-0.25, -0.2) is 0 Å². The third-order valence-corrected chi connectivity index (χ3v) is 11.8. The van der Waals surface area contributed by atoms with Gasteiger partial charge in [0.15, 0.2) is 0 Å². The average Bonchev–Trinajstić information content (AvgIpc) is 3.31. The third-order valence-electron chi connectivity index (χ3n) is 11.8. The Balaban J connectivity index is 1.07. The molecule has 0 heterocycles. The maximum absolute atomic E-state index is 2.46. The largest absolute Gasteiger partial charge is 0.309 e. The molecule has 11 aromatic rings. The average molecular weight is 750 g/mol. The third kappa shape index (κ3) is 6.40. The molecule has 0 N–H and O–H groups in total. The highest BCUT2D eigenvalue weighted by Crippen LogP contribution is 2.46. The number of nitrogens with zero attached hydrogens (tertiary/aromatic N) is 1. The monoisotopic (exact) mass is 749 g/mol. The summed E-state index contributed by atoms with van der Waals surface area (Å²) in [5, 5.41) is 9.86. The Hall–Kier alpha value is -7.74. The van der Waals surface area contributed by atoms with Crippen molar-refractivity contribution >= 4 is 60.2 Å². The van der Waals surface area contributed by atoms with E-state index in [1.807, 2.05) is 0 Å². The first-order valence-corrected chi connectivity index (χ1v) is 20.3. The van der Waals surface area contributed by atoms with Gasteiger partial charge in [0.1, 0.15) is 0 Å². The second-order valence-electron chi connectivity index (χ2n) is 15.3. The summed E-state index contributed by atoms with van der Waals surface area (Å²) >= 11 is 0. The van der Waals surface area contributed by atoms with Crippen molar-refractivity contribution in [3.05, 3.63) is 237 Å². The molecule has 0 bridgehead atoms. The van der Waals surface area contributed by atoms with Gasteiger partial charge in [-0.3, -0.25) is 0 Å². The molecule has 0 fully saturated rings. The first-order chi connectivity index (χ1) is 29.2. The quantitative estimate of drug-likeness (QED) is 0.157. The highest BCUT2D eigenvalue weighted by molar-refractivity contribution is 6.03. The molecule has 0 aliphatic heterocycles. The van der Waals surface area contributed by atoms with E-state index in [2.05, 4.69) is 241 Å². The zero-order chi connectivity index (χ0) is 39.1. The molecule has 0 amide bonds. The number of hydrogen-bond acceptors (Lipinski definition) is 1. The summed E-state index contributed by atoms with van der Waals surface area (Å²) in [7, 11) is 0. The lowest BCUT2D eigenvalue weighted by atomic mass is 9.94. The zero-order valence-electron chi connectivity index (χ0n) is 32.5. The fourth-order valence-corrected chi connectivity index (χ4v) is 8.80. The Kier molecular flexibility index (Phi) is 8.56. The van der Waals surface area contributed by atoms with E-state index in [0.717, 1.165) is 17.1 Å². The smallest absolute Gasteiger partial charge is 0.0546 e. The van der Waals surface area contributed by atoms with Crippen LogP contribution in [0.3, 0.4) is 0 Å². The van der Waals surface area contributed by atoms with Crippen molar-refractivity contribution in [2.45, 2.75) is 0 Å². The zero-order valence-corrected chi connectivity index (χ0v) is 32.5. The standard InChI is InChI=1S/C58H39N/c1-3-15-47-37-49(29-25-40(47)11-1)50-33-36-56(51-30-26-41-12-2-4-16-48(41)38-51)58(39-50)59(57-22-10-18-45-14-6-8-20-55(45)57)52-34-31-43(32-35-52)42-23-27-46(28-24-42)54-21-9-17-44-13-5-7-19-53(44)54/h1-39H. The molecule has 0 saturated carbocycles. The second-order valence-corrected chi connectivity index (χ2v) is 15.3. The topological polar surface area (TPSA) is 3.24 Å². The number of benzene rings is 11. The van der Waals surface area contributed by atoms with Crippen LogP contribution in [0, 0.1) is 0 Å². The molecule has 276 valence electrons. The summed E-state index contributed by atoms with van der Waals surface area (Å²) in [4.78, 5) is 2.46. The molecule has 0 radical (unpaired) electrons. The van der Waals surface area contributed by atoms with Gasteiger partial charge in [0, 0.05) is 16.6 Å². The van der Waals surface area contributed by atoms with E-state index < -0.39 is 0 Å². The molecule has 0 saturated heterocycles. The number of hydrogen-bond donors (Lipinski definition) is 0. The molecule has 11 rings (SSSR count). The van der Waals surface area contributed by atoms with Crippen LogP contribution in [0.25, 0.3) is 87.6 Å². The van der Waals surface area contributed by atoms with Gasteiger partial charge in [-0.15, -0.1) is 0 Å². The Bertz CT molecular complexity index is 3310. The Labute approximate surface area is 344 Å². The predicted octanol–water partition coefficient (Wildman–Crippen LogP) is 16.4. The van der Waals surface area contributed by atoms with E-state index in [0.29, 0.717) is 0 Å². The maximum Gasteiger partial charge on any atom is 0.0546 e. The molecule has 0 spiro atoms. The van der Waals surface area contributed by atoms with Crippen LogP contribution in [-0.4, -0.2) is 0 Å². The fourth-order valence-electron chi connectivity index (χ4n) is 8.80. The summed E-state index contributed by atoms with van der Waals surface area (Å²) in [6.45, 7) is 0. The van der Waals surface area contributed by atoms with E-state index in [-0.39, 0.29) is 0 Å². The minimum absolute atomic E-state index is 1.09. The lowest BCUT2D eigenvalue weighted by Crippen LogP contribution is -2.12. The molecule has 0 aromatic heterocycles. The van der Waals surface area contributed by atoms with Crippen molar-refractivity contribution in [1.29, 1.82) is 0 Å². The fraction of sp³-hybridized carbons (Fsp3) is 0. The summed E-state index contributed by atoms with van der Waals surface area (Å²) < 4.78 is 0. The minimum atomic E-state index is 1.09. The van der Waals surface area contributed by atoms with Crippen molar-refractivity contribution in [3.8, 4) is 44.5 Å². The minimum Gasteiger partial charge on any atom is -0.309 e. The van der Waals surface area contributed by atoms with Gasteiger partial charge in [-0.05, 0) is 113 Å². The summed E-state index contributed by atoms with van der Waals surface area (Å²) in [5.74, 6) is 0. The van der Waals surface area contributed by atoms with Crippen LogP contribution in [0.2, 0.25) is 0 Å². The first-order valence-electron chi connectivity index (χ1n) is 20.3. The van der Waals surface area contributed by atoms with Crippen LogP contribution in [0.4, 0.5) is 17.1 Å². The number of anilines is 3. The normalized spacial score (nSPS) is 11.4. The Morgan fingerprint density at radius 2 is 0.678 bits per heavy atom. The van der Waals surface area contributed by atoms with E-state index in [9.17, 15) is 0 Å². The van der Waals surface area contributed by atoms with Crippen LogP contribution in [-0.2, 0) is 0 Å². The summed E-state index contributed by atoms with van der Waals surface area (Å²) in [6, 6.07) is 86.5. The van der Waals surface area contributed by atoms with Gasteiger partial charge < -0.3 is 4.90 Å². The van der Waals surface area contributed by atoms with Crippen LogP contribution in [0.1, 0.15) is 0 Å². The van der Waals surface area contributed by atoms with Crippen molar-refractivity contribution in [2.75, 3.05) is 4.90 Å². The molecule has 1 nitrogen and oxygen atoms in total. The molecule has 59 heavy (non-hydrogen) atoms. The molecular weight excluding hydrogens is 711 g/mol. The Morgan fingerprint density at radius 1 is 0.220 bits per heavy atom. The number of rotatable bonds is 7. The van der Waals surface area contributed by atoms with Gasteiger partial charge in [-0.1, -0.05) is 200 Å². The van der Waals surface area contributed by atoms with E-state index in [1.54, 1.807) is 0 Å². The molecular formula is C58H39N. The van der Waals surface area contributed by atoms with Crippen molar-refractivity contribution in [3.63, 3.8) is 0 Å². The lowest BCUT2D eigenvalue weighted by Gasteiger charge is -2.30. The van der Waals surface area contributed by atoms with Gasteiger partial charge in [-0.2, -0.15) is 0 Å². The lowest BCUT2D eigenvalue weighted by molar-refractivity contribution is 1.30. The van der Waals surface area contributed by atoms with Crippen molar-refractivity contribution < 1.29 is 0 Å². The molecule has 0 aliphatic carbocycles. The Morgan fingerprint density at radius 3 is 1.37 bits per heavy atom. The maximum atomic E-state index is 2.46. The molecule has 11 aromatic carbocycles. The predicted molar refractivity (Wildman–Crippen MR) is 253 cm³/mol. The highest BCUT2D eigenvalue weighted by Gasteiger charge is 2.21. The summed E-state index contributed by atoms with van der Waals surface area (Å²) in [6.07, 6.45) is 0. The van der Waals surface area contributed by atoms with Crippen LogP contribution in [0.15, 0.2) is 237 Å². The van der Waals surface area contributed by atoms with E-state index in [1.165, 1.54) is 87.6 Å². The van der Waals surface area contributed by atoms with Gasteiger partial charge >= 0.3 is 0 Å². The molecule has 0 atom stereocenters. The van der Waals surface area contributed by atoms with Crippen molar-refractivity contribution in [1.82, 2.24) is 0 Å². The van der Waals surface area contributed by atoms with Gasteiger partial charge in [0.05, 0.1) is 11.4 Å². The SMILES string of the molecule is c1ccc2cc(-c3ccc(-c4ccc5ccccc5c4)c(N(c4ccc(-c5ccc(-c6cccc7ccccc67)cc5)cc4)c4cccc5ccccc45)c3)ccc2c1. The first kappa shape index (κ1) is 34.5. The van der Waals surface area contributed by atoms with Crippen LogP contribution < -0.4 is 4.90 Å². The van der Waals surface area contributed by atoms with Crippen LogP contribution >= 0.6 is 0 Å². The molecule has 0 aliphatic rings. The van der Waals surface area contributed by atoms with Gasteiger partial charge in [0.25, 0.3) is 0 Å². The van der Waals surface area contributed by atoms with E-state index in [4.69, 9.17) is 0 Å². The highest BCUT2D eigenvalue weighted by atomic mass is 15.1. The van der Waals surface area contributed by atoms with Gasteiger partial charge in [0.2, 0.25) is 0 Å². The molecule has 0 unspecified atom stereocenters. The summed E-state index contributed by atoms with van der Waals surface area (Å²) in [5.41, 5.74) is 12.9.